The Morgan fingerprint density at radius 1 is 1.27 bits per heavy atom. The first-order chi connectivity index (χ1) is 13.6. The van der Waals surface area contributed by atoms with E-state index < -0.39 is 51.7 Å². The largest absolute Gasteiger partial charge is 1.00 e. The van der Waals surface area contributed by atoms with Gasteiger partial charge in [-0.1, -0.05) is 0 Å². The van der Waals surface area contributed by atoms with Crippen molar-refractivity contribution in [3.63, 3.8) is 0 Å². The number of hydrogen-bond donors (Lipinski definition) is 2. The number of carboxylic acids is 1. The number of rotatable bonds is 4. The maximum absolute atomic E-state index is 12.7. The van der Waals surface area contributed by atoms with Gasteiger partial charge < -0.3 is 29.4 Å². The molecule has 154 valence electrons. The van der Waals surface area contributed by atoms with Gasteiger partial charge in [-0.3, -0.25) is 9.69 Å². The Kier molecular flexibility index (Phi) is 5.80. The van der Waals surface area contributed by atoms with Crippen molar-refractivity contribution in [2.75, 3.05) is 18.1 Å². The zero-order valence-electron chi connectivity index (χ0n) is 16.1. The third kappa shape index (κ3) is 3.64. The Morgan fingerprint density at radius 3 is 2.47 bits per heavy atom. The van der Waals surface area contributed by atoms with Crippen LogP contribution >= 0.6 is 0 Å². The van der Waals surface area contributed by atoms with Crippen LogP contribution in [-0.2, 0) is 23.9 Å². The Bertz CT molecular complexity index is 1060. The number of nitrogens with one attached hydrogen (secondary N) is 1. The molecule has 30 heavy (non-hydrogen) atoms. The summed E-state index contributed by atoms with van der Waals surface area (Å²) in [5.74, 6) is -3.33. The van der Waals surface area contributed by atoms with Crippen molar-refractivity contribution in [1.82, 2.24) is 9.80 Å². The summed E-state index contributed by atoms with van der Waals surface area (Å²) in [6.07, 6.45) is 0.984. The van der Waals surface area contributed by atoms with Gasteiger partial charge in [-0.15, -0.1) is 0 Å². The molecular formula is C17H16N3NaO8S. The monoisotopic (exact) mass is 445 g/mol. The maximum atomic E-state index is 12.7. The fourth-order valence-corrected chi connectivity index (χ4v) is 4.60. The third-order valence-electron chi connectivity index (χ3n) is 5.17. The number of benzene rings is 1. The van der Waals surface area contributed by atoms with Crippen molar-refractivity contribution in [3.8, 4) is 5.75 Å². The van der Waals surface area contributed by atoms with Gasteiger partial charge in [-0.05, 0) is 30.7 Å². The van der Waals surface area contributed by atoms with E-state index in [0.29, 0.717) is 5.69 Å². The number of aliphatic carboxylic acids is 1. The summed E-state index contributed by atoms with van der Waals surface area (Å²) in [7, 11) is -4.02. The number of urea groups is 1. The number of hydrogen-bond acceptors (Lipinski definition) is 8. The molecule has 3 aliphatic heterocycles. The molecule has 1 unspecified atom stereocenters. The second kappa shape index (κ2) is 7.76. The quantitative estimate of drug-likeness (QED) is 0.204. The number of carbonyl (C=O) groups is 3. The van der Waals surface area contributed by atoms with Gasteiger partial charge >= 0.3 is 45.7 Å². The molecule has 3 amide bonds. The second-order valence-corrected chi connectivity index (χ2v) is 8.57. The number of phenolic OH excluding ortho intramolecular Hbond substituents is 1. The zero-order chi connectivity index (χ0) is 21.1. The molecule has 1 aromatic carbocycles. The van der Waals surface area contributed by atoms with Gasteiger partial charge in [0.2, 0.25) is 0 Å². The summed E-state index contributed by atoms with van der Waals surface area (Å²) in [6.45, 7) is 0.0896. The summed E-state index contributed by atoms with van der Waals surface area (Å²) in [6, 6.07) is 3.50. The minimum Gasteiger partial charge on any atom is -0.543 e. The first-order valence-electron chi connectivity index (χ1n) is 8.63. The average molecular weight is 445 g/mol. The second-order valence-electron chi connectivity index (χ2n) is 7.00. The third-order valence-corrected chi connectivity index (χ3v) is 5.65. The Balaban J connectivity index is 0.00000256. The van der Waals surface area contributed by atoms with E-state index >= 15 is 0 Å². The van der Waals surface area contributed by atoms with E-state index in [9.17, 15) is 33.0 Å². The number of amides is 3. The molecule has 3 aliphatic rings. The number of nitrogens with zero attached hydrogens (tertiary/aromatic N) is 2. The van der Waals surface area contributed by atoms with Crippen LogP contribution in [0.25, 0.3) is 0 Å². The maximum Gasteiger partial charge on any atom is 1.00 e. The van der Waals surface area contributed by atoms with E-state index in [-0.39, 0.29) is 54.0 Å². The van der Waals surface area contributed by atoms with Crippen molar-refractivity contribution in [3.05, 3.63) is 35.7 Å². The number of β-lactam (4-membered cyclic amide) rings is 1. The normalized spacial score (nSPS) is 24.6. The van der Waals surface area contributed by atoms with Crippen molar-refractivity contribution < 1.29 is 66.8 Å². The summed E-state index contributed by atoms with van der Waals surface area (Å²) in [4.78, 5) is 39.1. The molecule has 3 heterocycles. The molecule has 0 bridgehead atoms. The van der Waals surface area contributed by atoms with Gasteiger partial charge in [0.1, 0.15) is 17.5 Å². The van der Waals surface area contributed by atoms with E-state index in [1.165, 1.54) is 29.2 Å². The molecule has 2 fully saturated rings. The van der Waals surface area contributed by atoms with Crippen LogP contribution in [0.3, 0.4) is 0 Å². The minimum absolute atomic E-state index is 0. The summed E-state index contributed by atoms with van der Waals surface area (Å²) in [5, 5.41) is 23.5. The summed E-state index contributed by atoms with van der Waals surface area (Å²) in [5.41, 5.74) is -0.202. The molecule has 2 saturated heterocycles. The number of carboxylic acid groups (broad SMARTS) is 1. The van der Waals surface area contributed by atoms with Crippen LogP contribution in [0.15, 0.2) is 35.7 Å². The molecule has 0 aliphatic carbocycles. The van der Waals surface area contributed by atoms with Gasteiger partial charge in [0, 0.05) is 18.2 Å². The number of phenols is 1. The Labute approximate surface area is 193 Å². The van der Waals surface area contributed by atoms with E-state index in [2.05, 4.69) is 5.32 Å². The molecule has 1 aromatic rings. The summed E-state index contributed by atoms with van der Waals surface area (Å²) >= 11 is 0. The van der Waals surface area contributed by atoms with E-state index in [4.69, 9.17) is 4.18 Å². The van der Waals surface area contributed by atoms with Gasteiger partial charge in [-0.25, -0.2) is 4.79 Å². The van der Waals surface area contributed by atoms with Gasteiger partial charge in [0.05, 0.1) is 18.3 Å². The van der Waals surface area contributed by atoms with Crippen LogP contribution < -0.4 is 40.0 Å². The molecular weight excluding hydrogens is 429 g/mol. The van der Waals surface area contributed by atoms with Crippen LogP contribution in [0.4, 0.5) is 10.5 Å². The summed E-state index contributed by atoms with van der Waals surface area (Å²) < 4.78 is 28.0. The number of anilines is 1. The molecule has 2 N–H and O–H groups in total. The van der Waals surface area contributed by atoms with Crippen molar-refractivity contribution in [1.29, 1.82) is 0 Å². The van der Waals surface area contributed by atoms with Crippen molar-refractivity contribution in [2.24, 2.45) is 5.92 Å². The SMILES string of the molecule is CS(=O)(=O)OC1=C(C(=O)[O-])N2C(=O)[C@@H]3[C@H]2C1CCN3C(=O)Nc1ccc(O)cc1.[Na+]. The minimum atomic E-state index is -4.02. The van der Waals surface area contributed by atoms with Crippen LogP contribution in [0, 0.1) is 5.92 Å². The topological polar surface area (TPSA) is 156 Å². The van der Waals surface area contributed by atoms with Crippen LogP contribution in [0.1, 0.15) is 6.42 Å². The fraction of sp³-hybridized carbons (Fsp3) is 0.353. The standard InChI is InChI=1S/C17H17N3O8S.Na/c1-29(26,27)28-14-10-6-7-19(17(25)18-8-2-4-9(21)5-3-8)12-11(10)20(15(12)22)13(14)16(23)24;/h2-5,10-12,21H,6-7H2,1H3,(H,18,25)(H,23,24);/q;+1/p-1/t10?,11-,12+;/m1./s1. The van der Waals surface area contributed by atoms with Crippen LogP contribution in [-0.4, -0.2) is 66.1 Å². The van der Waals surface area contributed by atoms with Gasteiger partial charge in [0.15, 0.2) is 5.76 Å². The van der Waals surface area contributed by atoms with Crippen LogP contribution in [0.5, 0.6) is 5.75 Å². The van der Waals surface area contributed by atoms with E-state index in [0.717, 1.165) is 11.2 Å². The molecule has 13 heteroatoms. The predicted molar refractivity (Wildman–Crippen MR) is 94.3 cm³/mol. The van der Waals surface area contributed by atoms with Gasteiger partial charge in [0.25, 0.3) is 5.91 Å². The van der Waals surface area contributed by atoms with E-state index in [1.807, 2.05) is 0 Å². The Morgan fingerprint density at radius 2 is 1.90 bits per heavy atom. The van der Waals surface area contributed by atoms with E-state index in [1.54, 1.807) is 0 Å². The predicted octanol–water partition coefficient (Wildman–Crippen LogP) is -4.22. The number of likely N-dealkylation sites (tertiary alicyclic amines) is 1. The number of carbonyl (C=O) groups excluding carboxylic acids is 3. The molecule has 4 rings (SSSR count). The first-order valence-corrected chi connectivity index (χ1v) is 10.4. The molecule has 0 radical (unpaired) electrons. The average Bonchev–Trinajstić information content (AvgIpc) is 2.94. The molecule has 0 spiro atoms. The van der Waals surface area contributed by atoms with Crippen molar-refractivity contribution in [2.45, 2.75) is 18.5 Å². The number of piperidine rings is 1. The molecule has 0 aromatic heterocycles. The molecule has 11 nitrogen and oxygen atoms in total. The first kappa shape index (κ1) is 22.4. The molecule has 0 saturated carbocycles. The smallest absolute Gasteiger partial charge is 0.543 e. The molecule has 3 atom stereocenters. The van der Waals surface area contributed by atoms with Crippen molar-refractivity contribution >= 4 is 33.7 Å². The zero-order valence-corrected chi connectivity index (χ0v) is 18.9. The number of aromatic hydroxyl groups is 1. The van der Waals surface area contributed by atoms with Gasteiger partial charge in [-0.2, -0.15) is 8.42 Å². The Hall–Kier alpha value is -2.28. The van der Waals surface area contributed by atoms with Crippen LogP contribution in [0.2, 0.25) is 0 Å². The fourth-order valence-electron chi connectivity index (χ4n) is 4.07.